The van der Waals surface area contributed by atoms with Crippen molar-refractivity contribution in [2.75, 3.05) is 13.7 Å². The zero-order chi connectivity index (χ0) is 19.2. The lowest BCUT2D eigenvalue weighted by Gasteiger charge is -2.11. The van der Waals surface area contributed by atoms with Crippen LogP contribution in [-0.4, -0.2) is 19.7 Å². The first kappa shape index (κ1) is 18.5. The first-order chi connectivity index (χ1) is 13.1. The summed E-state index contributed by atoms with van der Waals surface area (Å²) in [4.78, 5) is 23.8. The molecule has 0 bridgehead atoms. The van der Waals surface area contributed by atoms with Gasteiger partial charge in [-0.05, 0) is 30.2 Å². The quantitative estimate of drug-likeness (QED) is 0.469. The van der Waals surface area contributed by atoms with Gasteiger partial charge in [0.05, 0.1) is 7.11 Å². The molecule has 0 fully saturated rings. The molecule has 140 valence electrons. The standard InChI is InChI=1S/C21H20O6/c1-3-14-6-4-5-7-18(14)25-13-21(23)26-12-15-10-20(22)27-19-11-16(24-2)8-9-17(15)19/h4-11H,3,12-13H2,1-2H3. The Hall–Kier alpha value is -3.28. The summed E-state index contributed by atoms with van der Waals surface area (Å²) >= 11 is 0. The van der Waals surface area contributed by atoms with Crippen LogP contribution in [0.4, 0.5) is 0 Å². The van der Waals surface area contributed by atoms with Crippen molar-refractivity contribution in [3.05, 3.63) is 70.1 Å². The molecule has 3 rings (SSSR count). The van der Waals surface area contributed by atoms with Crippen LogP contribution in [0, 0.1) is 0 Å². The molecule has 0 saturated heterocycles. The topological polar surface area (TPSA) is 75.0 Å². The molecular formula is C21H20O6. The van der Waals surface area contributed by atoms with Crippen LogP contribution in [0.1, 0.15) is 18.1 Å². The van der Waals surface area contributed by atoms with Gasteiger partial charge in [0.2, 0.25) is 0 Å². The van der Waals surface area contributed by atoms with Crippen LogP contribution in [0.25, 0.3) is 11.0 Å². The Morgan fingerprint density at radius 1 is 1.07 bits per heavy atom. The number of para-hydroxylation sites is 1. The summed E-state index contributed by atoms with van der Waals surface area (Å²) in [7, 11) is 1.53. The number of rotatable bonds is 7. The van der Waals surface area contributed by atoms with E-state index in [-0.39, 0.29) is 13.2 Å². The number of hydrogen-bond acceptors (Lipinski definition) is 6. The highest BCUT2D eigenvalue weighted by Gasteiger charge is 2.11. The van der Waals surface area contributed by atoms with Crippen LogP contribution < -0.4 is 15.1 Å². The monoisotopic (exact) mass is 368 g/mol. The number of ether oxygens (including phenoxy) is 3. The van der Waals surface area contributed by atoms with E-state index in [0.29, 0.717) is 28.0 Å². The lowest BCUT2D eigenvalue weighted by atomic mass is 10.1. The number of aryl methyl sites for hydroxylation is 1. The zero-order valence-electron chi connectivity index (χ0n) is 15.2. The number of benzene rings is 2. The van der Waals surface area contributed by atoms with E-state index in [1.54, 1.807) is 18.2 Å². The van der Waals surface area contributed by atoms with Gasteiger partial charge in [0.15, 0.2) is 6.61 Å². The van der Waals surface area contributed by atoms with Gasteiger partial charge in [-0.1, -0.05) is 25.1 Å². The number of carbonyl (C=O) groups excluding carboxylic acids is 1. The SMILES string of the molecule is CCc1ccccc1OCC(=O)OCc1cc(=O)oc2cc(OC)ccc12. The predicted molar refractivity (Wildman–Crippen MR) is 100 cm³/mol. The van der Waals surface area contributed by atoms with E-state index in [4.69, 9.17) is 18.6 Å². The van der Waals surface area contributed by atoms with Crippen LogP contribution in [0.5, 0.6) is 11.5 Å². The van der Waals surface area contributed by atoms with Crippen molar-refractivity contribution in [3.63, 3.8) is 0 Å². The molecule has 3 aromatic rings. The molecule has 27 heavy (non-hydrogen) atoms. The van der Waals surface area contributed by atoms with Crippen LogP contribution in [0.15, 0.2) is 57.7 Å². The van der Waals surface area contributed by atoms with Gasteiger partial charge in [-0.25, -0.2) is 9.59 Å². The molecular weight excluding hydrogens is 348 g/mol. The molecule has 1 aromatic heterocycles. The molecule has 6 heteroatoms. The van der Waals surface area contributed by atoms with Gasteiger partial charge >= 0.3 is 11.6 Å². The maximum atomic E-state index is 12.0. The summed E-state index contributed by atoms with van der Waals surface area (Å²) in [5, 5.41) is 0.681. The number of fused-ring (bicyclic) bond motifs is 1. The van der Waals surface area contributed by atoms with Crippen molar-refractivity contribution < 1.29 is 23.4 Å². The summed E-state index contributed by atoms with van der Waals surface area (Å²) in [6.45, 7) is 1.76. The number of esters is 1. The van der Waals surface area contributed by atoms with Crippen molar-refractivity contribution in [1.82, 2.24) is 0 Å². The van der Waals surface area contributed by atoms with E-state index < -0.39 is 11.6 Å². The van der Waals surface area contributed by atoms with Gasteiger partial charge in [0, 0.05) is 23.1 Å². The summed E-state index contributed by atoms with van der Waals surface area (Å²) in [5.41, 5.74) is 1.44. The fraction of sp³-hybridized carbons (Fsp3) is 0.238. The highest BCUT2D eigenvalue weighted by Crippen LogP contribution is 2.23. The minimum Gasteiger partial charge on any atom is -0.497 e. The first-order valence-corrected chi connectivity index (χ1v) is 8.57. The van der Waals surface area contributed by atoms with Crippen molar-refractivity contribution in [3.8, 4) is 11.5 Å². The van der Waals surface area contributed by atoms with Crippen molar-refractivity contribution >= 4 is 16.9 Å². The van der Waals surface area contributed by atoms with Gasteiger partial charge in [0.1, 0.15) is 23.7 Å². The second-order valence-corrected chi connectivity index (χ2v) is 5.86. The Morgan fingerprint density at radius 2 is 1.89 bits per heavy atom. The molecule has 6 nitrogen and oxygen atoms in total. The number of hydrogen-bond donors (Lipinski definition) is 0. The molecule has 0 aliphatic heterocycles. The maximum absolute atomic E-state index is 12.0. The van der Waals surface area contributed by atoms with Gasteiger partial charge in [-0.3, -0.25) is 0 Å². The van der Waals surface area contributed by atoms with E-state index in [1.807, 2.05) is 31.2 Å². The second-order valence-electron chi connectivity index (χ2n) is 5.86. The molecule has 1 heterocycles. The normalized spacial score (nSPS) is 10.6. The van der Waals surface area contributed by atoms with Crippen molar-refractivity contribution in [2.45, 2.75) is 20.0 Å². The predicted octanol–water partition coefficient (Wildman–Crippen LogP) is 3.49. The fourth-order valence-electron chi connectivity index (χ4n) is 2.73. The third-order valence-electron chi connectivity index (χ3n) is 4.13. The molecule has 0 saturated carbocycles. The van der Waals surface area contributed by atoms with Gasteiger partial charge in [0.25, 0.3) is 0 Å². The highest BCUT2D eigenvalue weighted by atomic mass is 16.6. The van der Waals surface area contributed by atoms with E-state index in [0.717, 1.165) is 12.0 Å². The Kier molecular flexibility index (Phi) is 5.76. The van der Waals surface area contributed by atoms with Crippen molar-refractivity contribution in [2.24, 2.45) is 0 Å². The number of carbonyl (C=O) groups is 1. The molecule has 0 N–H and O–H groups in total. The lowest BCUT2D eigenvalue weighted by Crippen LogP contribution is -2.16. The summed E-state index contributed by atoms with van der Waals surface area (Å²) in [6, 6.07) is 14.0. The smallest absolute Gasteiger partial charge is 0.344 e. The minimum absolute atomic E-state index is 0.0496. The van der Waals surface area contributed by atoms with E-state index in [2.05, 4.69) is 0 Å². The largest absolute Gasteiger partial charge is 0.497 e. The summed E-state index contributed by atoms with van der Waals surface area (Å²) in [6.07, 6.45) is 0.806. The highest BCUT2D eigenvalue weighted by molar-refractivity contribution is 5.81. The van der Waals surface area contributed by atoms with E-state index in [9.17, 15) is 9.59 Å². The molecule has 0 unspecified atom stereocenters. The van der Waals surface area contributed by atoms with Crippen LogP contribution in [0.3, 0.4) is 0 Å². The molecule has 0 spiro atoms. The lowest BCUT2D eigenvalue weighted by molar-refractivity contribution is -0.147. The minimum atomic E-state index is -0.519. The van der Waals surface area contributed by atoms with Crippen LogP contribution in [-0.2, 0) is 22.6 Å². The van der Waals surface area contributed by atoms with Gasteiger partial charge in [-0.2, -0.15) is 0 Å². The van der Waals surface area contributed by atoms with E-state index >= 15 is 0 Å². The number of methoxy groups -OCH3 is 1. The van der Waals surface area contributed by atoms with Gasteiger partial charge in [-0.15, -0.1) is 0 Å². The molecule has 2 aromatic carbocycles. The molecule has 0 radical (unpaired) electrons. The van der Waals surface area contributed by atoms with Crippen molar-refractivity contribution in [1.29, 1.82) is 0 Å². The second kappa shape index (κ2) is 8.40. The summed E-state index contributed by atoms with van der Waals surface area (Å²) in [5.74, 6) is 0.716. The third-order valence-corrected chi connectivity index (χ3v) is 4.13. The average Bonchev–Trinajstić information content (AvgIpc) is 2.69. The molecule has 0 amide bonds. The Morgan fingerprint density at radius 3 is 2.67 bits per heavy atom. The maximum Gasteiger partial charge on any atom is 0.344 e. The molecule has 0 aliphatic rings. The average molecular weight is 368 g/mol. The fourth-order valence-corrected chi connectivity index (χ4v) is 2.73. The van der Waals surface area contributed by atoms with E-state index in [1.165, 1.54) is 13.2 Å². The third kappa shape index (κ3) is 4.47. The van der Waals surface area contributed by atoms with Crippen LogP contribution in [0.2, 0.25) is 0 Å². The summed E-state index contributed by atoms with van der Waals surface area (Å²) < 4.78 is 21.1. The Balaban J connectivity index is 1.67. The molecule has 0 atom stereocenters. The van der Waals surface area contributed by atoms with Crippen LogP contribution >= 0.6 is 0 Å². The Labute approximate surface area is 156 Å². The first-order valence-electron chi connectivity index (χ1n) is 8.57. The Bertz CT molecular complexity index is 1000. The van der Waals surface area contributed by atoms with Gasteiger partial charge < -0.3 is 18.6 Å². The molecule has 0 aliphatic carbocycles. The zero-order valence-corrected chi connectivity index (χ0v) is 15.2.